The maximum atomic E-state index is 6.00. The molecule has 0 radical (unpaired) electrons. The standard InChI is InChI=1S/C11H15BrClN3/c12-11-10(13)7-9(8-14-11)15-16-5-3-1-2-4-6-16/h7-8,15H,1-6H2. The zero-order chi connectivity index (χ0) is 11.4. The Kier molecular flexibility index (Phi) is 4.44. The smallest absolute Gasteiger partial charge is 0.124 e. The van der Waals surface area contributed by atoms with Crippen molar-refractivity contribution in [1.29, 1.82) is 0 Å². The van der Waals surface area contributed by atoms with Crippen LogP contribution in [0.1, 0.15) is 25.7 Å². The van der Waals surface area contributed by atoms with E-state index in [-0.39, 0.29) is 0 Å². The molecule has 1 N–H and O–H groups in total. The third kappa shape index (κ3) is 3.34. The van der Waals surface area contributed by atoms with Crippen molar-refractivity contribution in [2.24, 2.45) is 0 Å². The first-order valence-corrected chi connectivity index (χ1v) is 6.75. The van der Waals surface area contributed by atoms with Crippen molar-refractivity contribution in [1.82, 2.24) is 9.99 Å². The van der Waals surface area contributed by atoms with Crippen molar-refractivity contribution >= 4 is 33.2 Å². The molecule has 2 heterocycles. The molecule has 0 unspecified atom stereocenters. The zero-order valence-corrected chi connectivity index (χ0v) is 11.4. The molecule has 0 aromatic carbocycles. The number of pyridine rings is 1. The second-order valence-corrected chi connectivity index (χ2v) is 5.17. The molecule has 0 bridgehead atoms. The Morgan fingerprint density at radius 3 is 2.56 bits per heavy atom. The van der Waals surface area contributed by atoms with Gasteiger partial charge in [-0.25, -0.2) is 9.99 Å². The third-order valence-corrected chi connectivity index (χ3v) is 3.84. The van der Waals surface area contributed by atoms with Gasteiger partial charge in [0, 0.05) is 13.1 Å². The fraction of sp³-hybridized carbons (Fsp3) is 0.545. The van der Waals surface area contributed by atoms with Crippen LogP contribution in [-0.4, -0.2) is 23.1 Å². The van der Waals surface area contributed by atoms with Gasteiger partial charge in [-0.1, -0.05) is 24.4 Å². The van der Waals surface area contributed by atoms with E-state index in [1.165, 1.54) is 25.7 Å². The van der Waals surface area contributed by atoms with Crippen molar-refractivity contribution < 1.29 is 0 Å². The Balaban J connectivity index is 1.99. The Morgan fingerprint density at radius 1 is 1.25 bits per heavy atom. The molecule has 5 heteroatoms. The molecule has 0 spiro atoms. The first-order chi connectivity index (χ1) is 7.75. The average Bonchev–Trinajstić information content (AvgIpc) is 2.52. The van der Waals surface area contributed by atoms with Gasteiger partial charge in [0.2, 0.25) is 0 Å². The summed E-state index contributed by atoms with van der Waals surface area (Å²) < 4.78 is 0.690. The maximum Gasteiger partial charge on any atom is 0.124 e. The molecule has 1 aromatic rings. The van der Waals surface area contributed by atoms with Gasteiger partial charge in [0.15, 0.2) is 0 Å². The highest BCUT2D eigenvalue weighted by Gasteiger charge is 2.09. The SMILES string of the molecule is Clc1cc(NN2CCCCCC2)cnc1Br. The minimum Gasteiger partial charge on any atom is -0.317 e. The fourth-order valence-corrected chi connectivity index (χ4v) is 2.23. The number of halogens is 2. The summed E-state index contributed by atoms with van der Waals surface area (Å²) in [5.41, 5.74) is 4.31. The quantitative estimate of drug-likeness (QED) is 0.844. The van der Waals surface area contributed by atoms with Crippen LogP contribution < -0.4 is 5.43 Å². The Labute approximate surface area is 109 Å². The minimum absolute atomic E-state index is 0.639. The summed E-state index contributed by atoms with van der Waals surface area (Å²) >= 11 is 9.28. The van der Waals surface area contributed by atoms with Gasteiger partial charge in [0.25, 0.3) is 0 Å². The van der Waals surface area contributed by atoms with E-state index in [0.717, 1.165) is 18.8 Å². The predicted octanol–water partition coefficient (Wildman–Crippen LogP) is 3.70. The van der Waals surface area contributed by atoms with Crippen molar-refractivity contribution in [3.8, 4) is 0 Å². The van der Waals surface area contributed by atoms with Gasteiger partial charge in [-0.3, -0.25) is 0 Å². The third-order valence-electron chi connectivity index (χ3n) is 2.69. The maximum absolute atomic E-state index is 6.00. The first-order valence-electron chi connectivity index (χ1n) is 5.58. The lowest BCUT2D eigenvalue weighted by Crippen LogP contribution is -2.30. The van der Waals surface area contributed by atoms with Crippen LogP contribution in [0, 0.1) is 0 Å². The molecule has 1 aromatic heterocycles. The molecule has 0 saturated carbocycles. The molecule has 0 atom stereocenters. The second kappa shape index (κ2) is 5.84. The van der Waals surface area contributed by atoms with Crippen LogP contribution >= 0.6 is 27.5 Å². The topological polar surface area (TPSA) is 28.2 Å². The van der Waals surface area contributed by atoms with Gasteiger partial charge in [-0.15, -0.1) is 0 Å². The summed E-state index contributed by atoms with van der Waals surface area (Å²) in [6.45, 7) is 2.18. The molecular weight excluding hydrogens is 289 g/mol. The van der Waals surface area contributed by atoms with Crippen LogP contribution in [0.5, 0.6) is 0 Å². The van der Waals surface area contributed by atoms with Gasteiger partial charge < -0.3 is 5.43 Å². The summed E-state index contributed by atoms with van der Waals surface area (Å²) in [6, 6.07) is 1.89. The molecule has 0 amide bonds. The van der Waals surface area contributed by atoms with E-state index in [0.29, 0.717) is 9.63 Å². The molecule has 3 nitrogen and oxygen atoms in total. The first kappa shape index (κ1) is 12.1. The molecule has 1 fully saturated rings. The highest BCUT2D eigenvalue weighted by Crippen LogP contribution is 2.23. The van der Waals surface area contributed by atoms with Crippen LogP contribution in [-0.2, 0) is 0 Å². The minimum atomic E-state index is 0.639. The summed E-state index contributed by atoms with van der Waals surface area (Å²) in [6.07, 6.45) is 6.96. The number of nitrogens with zero attached hydrogens (tertiary/aromatic N) is 2. The molecule has 2 rings (SSSR count). The van der Waals surface area contributed by atoms with E-state index in [9.17, 15) is 0 Å². The second-order valence-electron chi connectivity index (χ2n) is 4.01. The highest BCUT2D eigenvalue weighted by atomic mass is 79.9. The number of anilines is 1. The number of hydrogen-bond acceptors (Lipinski definition) is 3. The van der Waals surface area contributed by atoms with Crippen molar-refractivity contribution in [2.45, 2.75) is 25.7 Å². The lowest BCUT2D eigenvalue weighted by atomic mass is 10.2. The Morgan fingerprint density at radius 2 is 1.94 bits per heavy atom. The van der Waals surface area contributed by atoms with Crippen LogP contribution in [0.3, 0.4) is 0 Å². The van der Waals surface area contributed by atoms with Crippen molar-refractivity contribution in [3.63, 3.8) is 0 Å². The number of aromatic nitrogens is 1. The van der Waals surface area contributed by atoms with E-state index >= 15 is 0 Å². The van der Waals surface area contributed by atoms with Crippen LogP contribution in [0.4, 0.5) is 5.69 Å². The number of nitrogens with one attached hydrogen (secondary N) is 1. The van der Waals surface area contributed by atoms with Crippen LogP contribution in [0.25, 0.3) is 0 Å². The Bertz CT molecular complexity index is 351. The van der Waals surface area contributed by atoms with Gasteiger partial charge in [-0.05, 0) is 34.8 Å². The van der Waals surface area contributed by atoms with Crippen molar-refractivity contribution in [2.75, 3.05) is 18.5 Å². The van der Waals surface area contributed by atoms with Crippen LogP contribution in [0.2, 0.25) is 5.02 Å². The van der Waals surface area contributed by atoms with E-state index in [4.69, 9.17) is 11.6 Å². The number of hydrazine groups is 1. The zero-order valence-electron chi connectivity index (χ0n) is 9.05. The predicted molar refractivity (Wildman–Crippen MR) is 70.6 cm³/mol. The lowest BCUT2D eigenvalue weighted by molar-refractivity contribution is 0.343. The number of rotatable bonds is 2. The largest absolute Gasteiger partial charge is 0.317 e. The van der Waals surface area contributed by atoms with E-state index in [1.807, 2.05) is 6.07 Å². The van der Waals surface area contributed by atoms with Gasteiger partial charge >= 0.3 is 0 Å². The molecule has 0 aliphatic carbocycles. The van der Waals surface area contributed by atoms with E-state index in [2.05, 4.69) is 31.3 Å². The van der Waals surface area contributed by atoms with Crippen LogP contribution in [0.15, 0.2) is 16.9 Å². The van der Waals surface area contributed by atoms with Gasteiger partial charge in [-0.2, -0.15) is 0 Å². The van der Waals surface area contributed by atoms with E-state index < -0.39 is 0 Å². The fourth-order valence-electron chi connectivity index (χ4n) is 1.85. The molecule has 1 aliphatic heterocycles. The summed E-state index contributed by atoms with van der Waals surface area (Å²) in [4.78, 5) is 4.16. The molecule has 1 saturated heterocycles. The normalized spacial score (nSPS) is 18.1. The molecule has 16 heavy (non-hydrogen) atoms. The molecule has 88 valence electrons. The lowest BCUT2D eigenvalue weighted by Gasteiger charge is -2.22. The molecule has 1 aliphatic rings. The Hall–Kier alpha value is -0.320. The highest BCUT2D eigenvalue weighted by molar-refractivity contribution is 9.10. The summed E-state index contributed by atoms with van der Waals surface area (Å²) in [7, 11) is 0. The monoisotopic (exact) mass is 303 g/mol. The summed E-state index contributed by atoms with van der Waals surface area (Å²) in [5.74, 6) is 0. The summed E-state index contributed by atoms with van der Waals surface area (Å²) in [5, 5.41) is 2.88. The van der Waals surface area contributed by atoms with Gasteiger partial charge in [0.05, 0.1) is 16.9 Å². The van der Waals surface area contributed by atoms with E-state index in [1.54, 1.807) is 6.20 Å². The number of hydrogen-bond donors (Lipinski definition) is 1. The average molecular weight is 305 g/mol. The molecular formula is C11H15BrClN3. The van der Waals surface area contributed by atoms with Gasteiger partial charge in [0.1, 0.15) is 4.60 Å². The van der Waals surface area contributed by atoms with Crippen molar-refractivity contribution in [3.05, 3.63) is 21.9 Å².